The van der Waals surface area contributed by atoms with Gasteiger partial charge in [-0.25, -0.2) is 4.98 Å². The Hall–Kier alpha value is -3.33. The van der Waals surface area contributed by atoms with E-state index in [4.69, 9.17) is 4.98 Å². The van der Waals surface area contributed by atoms with E-state index < -0.39 is 0 Å². The minimum absolute atomic E-state index is 0.0130. The second-order valence-corrected chi connectivity index (χ2v) is 8.29. The van der Waals surface area contributed by atoms with Gasteiger partial charge >= 0.3 is 0 Å². The summed E-state index contributed by atoms with van der Waals surface area (Å²) in [6.07, 6.45) is 4.54. The highest BCUT2D eigenvalue weighted by molar-refractivity contribution is 5.86. The van der Waals surface area contributed by atoms with Crippen LogP contribution in [-0.2, 0) is 5.41 Å². The van der Waals surface area contributed by atoms with Gasteiger partial charge in [0.25, 0.3) is 0 Å². The van der Waals surface area contributed by atoms with Crippen molar-refractivity contribution in [3.63, 3.8) is 0 Å². The molecule has 2 heterocycles. The van der Waals surface area contributed by atoms with Gasteiger partial charge in [-0.1, -0.05) is 68.5 Å². The van der Waals surface area contributed by atoms with E-state index in [-0.39, 0.29) is 11.6 Å². The molecule has 2 aliphatic rings. The van der Waals surface area contributed by atoms with Gasteiger partial charge in [-0.2, -0.15) is 0 Å². The average molecular weight is 363 g/mol. The van der Waals surface area contributed by atoms with Crippen molar-refractivity contribution in [2.45, 2.75) is 25.4 Å². The zero-order valence-corrected chi connectivity index (χ0v) is 16.0. The molecule has 0 saturated heterocycles. The van der Waals surface area contributed by atoms with Gasteiger partial charge in [0.05, 0.1) is 11.0 Å². The predicted molar refractivity (Wildman–Crippen MR) is 115 cm³/mol. The summed E-state index contributed by atoms with van der Waals surface area (Å²) in [6.45, 7) is 4.56. The van der Waals surface area contributed by atoms with E-state index in [1.165, 1.54) is 16.7 Å². The van der Waals surface area contributed by atoms with Gasteiger partial charge in [0.2, 0.25) is 0 Å². The molecule has 1 aromatic heterocycles. The molecule has 0 spiro atoms. The van der Waals surface area contributed by atoms with Crippen LogP contribution in [0.4, 0.5) is 5.69 Å². The Kier molecular flexibility index (Phi) is 3.00. The SMILES string of the molecule is CC1(C)C=Cc2ccc(C3Nc4ccccc4-c4nc5ccccc5n43)cc21. The van der Waals surface area contributed by atoms with Gasteiger partial charge in [0.15, 0.2) is 0 Å². The van der Waals surface area contributed by atoms with Crippen molar-refractivity contribution >= 4 is 22.8 Å². The standard InChI is InChI=1S/C25H21N3/c1-25(2)14-13-16-11-12-17(15-19(16)25)23-26-20-8-4-3-7-18(20)24-27-21-9-5-6-10-22(21)28(23)24/h3-15,23,26H,1-2H3. The summed E-state index contributed by atoms with van der Waals surface area (Å²) in [6, 6.07) is 23.7. The van der Waals surface area contributed by atoms with Gasteiger partial charge in [0, 0.05) is 16.7 Å². The maximum atomic E-state index is 4.98. The van der Waals surface area contributed by atoms with E-state index in [2.05, 4.69) is 103 Å². The van der Waals surface area contributed by atoms with E-state index >= 15 is 0 Å². The molecule has 4 aromatic rings. The molecule has 1 unspecified atom stereocenters. The molecule has 1 aliphatic carbocycles. The second-order valence-electron chi connectivity index (χ2n) is 8.29. The van der Waals surface area contributed by atoms with Crippen LogP contribution in [0.15, 0.2) is 72.8 Å². The van der Waals surface area contributed by atoms with Crippen molar-refractivity contribution in [3.8, 4) is 11.4 Å². The first kappa shape index (κ1) is 15.7. The molecular weight excluding hydrogens is 342 g/mol. The number of hydrogen-bond donors (Lipinski definition) is 1. The summed E-state index contributed by atoms with van der Waals surface area (Å²) in [5, 5.41) is 3.77. The van der Waals surface area contributed by atoms with Crippen molar-refractivity contribution in [2.75, 3.05) is 5.32 Å². The minimum Gasteiger partial charge on any atom is -0.361 e. The smallest absolute Gasteiger partial charge is 0.145 e. The lowest BCUT2D eigenvalue weighted by molar-refractivity contribution is 0.654. The van der Waals surface area contributed by atoms with E-state index in [1.54, 1.807) is 0 Å². The summed E-state index contributed by atoms with van der Waals surface area (Å²) in [5.74, 6) is 1.03. The second kappa shape index (κ2) is 5.35. The molecule has 1 aliphatic heterocycles. The number of allylic oxidation sites excluding steroid dienone is 1. The number of anilines is 1. The fourth-order valence-corrected chi connectivity index (χ4v) is 4.58. The van der Waals surface area contributed by atoms with Crippen molar-refractivity contribution in [3.05, 3.63) is 89.5 Å². The van der Waals surface area contributed by atoms with Crippen molar-refractivity contribution in [2.24, 2.45) is 0 Å². The molecule has 3 heteroatoms. The van der Waals surface area contributed by atoms with E-state index in [1.807, 2.05) is 0 Å². The lowest BCUT2D eigenvalue weighted by Gasteiger charge is -2.31. The fraction of sp³-hybridized carbons (Fsp3) is 0.160. The number of nitrogens with zero attached hydrogens (tertiary/aromatic N) is 2. The molecule has 1 N–H and O–H groups in total. The molecule has 1 atom stereocenters. The van der Waals surface area contributed by atoms with Crippen LogP contribution >= 0.6 is 0 Å². The molecule has 28 heavy (non-hydrogen) atoms. The highest BCUT2D eigenvalue weighted by atomic mass is 15.2. The number of hydrogen-bond acceptors (Lipinski definition) is 2. The maximum absolute atomic E-state index is 4.98. The largest absolute Gasteiger partial charge is 0.361 e. The summed E-state index contributed by atoms with van der Waals surface area (Å²) >= 11 is 0. The first-order valence-corrected chi connectivity index (χ1v) is 9.78. The molecule has 3 nitrogen and oxygen atoms in total. The Morgan fingerprint density at radius 1 is 0.964 bits per heavy atom. The third-order valence-electron chi connectivity index (χ3n) is 6.08. The Morgan fingerprint density at radius 2 is 1.79 bits per heavy atom. The van der Waals surface area contributed by atoms with Crippen LogP contribution in [-0.4, -0.2) is 9.55 Å². The average Bonchev–Trinajstić information content (AvgIpc) is 3.25. The van der Waals surface area contributed by atoms with Gasteiger partial charge in [-0.3, -0.25) is 4.57 Å². The predicted octanol–water partition coefficient (Wildman–Crippen LogP) is 5.98. The molecule has 0 bridgehead atoms. The zero-order valence-electron chi connectivity index (χ0n) is 16.0. The van der Waals surface area contributed by atoms with E-state index in [0.29, 0.717) is 0 Å². The first-order chi connectivity index (χ1) is 13.6. The number of imidazole rings is 1. The maximum Gasteiger partial charge on any atom is 0.145 e. The number of nitrogens with one attached hydrogen (secondary N) is 1. The van der Waals surface area contributed by atoms with Crippen LogP contribution in [0.3, 0.4) is 0 Å². The first-order valence-electron chi connectivity index (χ1n) is 9.78. The molecule has 0 fully saturated rings. The molecule has 0 saturated carbocycles. The van der Waals surface area contributed by atoms with E-state index in [9.17, 15) is 0 Å². The van der Waals surface area contributed by atoms with Crippen molar-refractivity contribution in [1.29, 1.82) is 0 Å². The van der Waals surface area contributed by atoms with Crippen LogP contribution in [0, 0.1) is 0 Å². The van der Waals surface area contributed by atoms with Crippen LogP contribution in [0.1, 0.15) is 36.7 Å². The summed E-state index contributed by atoms with van der Waals surface area (Å²) in [7, 11) is 0. The Morgan fingerprint density at radius 3 is 2.71 bits per heavy atom. The fourth-order valence-electron chi connectivity index (χ4n) is 4.58. The van der Waals surface area contributed by atoms with E-state index in [0.717, 1.165) is 28.1 Å². The van der Waals surface area contributed by atoms with Crippen LogP contribution in [0.25, 0.3) is 28.5 Å². The number of para-hydroxylation sites is 3. The van der Waals surface area contributed by atoms with Crippen molar-refractivity contribution in [1.82, 2.24) is 9.55 Å². The van der Waals surface area contributed by atoms with Crippen LogP contribution in [0.5, 0.6) is 0 Å². The van der Waals surface area contributed by atoms with Gasteiger partial charge in [-0.05, 0) is 41.0 Å². The lowest BCUT2D eigenvalue weighted by atomic mass is 9.86. The molecule has 6 rings (SSSR count). The highest BCUT2D eigenvalue weighted by Crippen LogP contribution is 2.42. The van der Waals surface area contributed by atoms with Crippen molar-refractivity contribution < 1.29 is 0 Å². The normalized spacial score (nSPS) is 18.4. The highest BCUT2D eigenvalue weighted by Gasteiger charge is 2.30. The molecule has 136 valence electrons. The van der Waals surface area contributed by atoms with Gasteiger partial charge in [0.1, 0.15) is 12.0 Å². The molecular formula is C25H21N3. The Balaban J connectivity index is 1.61. The zero-order chi connectivity index (χ0) is 18.9. The molecule has 0 amide bonds. The molecule has 3 aromatic carbocycles. The number of rotatable bonds is 1. The minimum atomic E-state index is 0.0130. The van der Waals surface area contributed by atoms with Crippen LogP contribution in [0.2, 0.25) is 0 Å². The summed E-state index contributed by atoms with van der Waals surface area (Å²) in [5.41, 5.74) is 8.50. The monoisotopic (exact) mass is 363 g/mol. The number of aromatic nitrogens is 2. The third kappa shape index (κ3) is 2.07. The Bertz CT molecular complexity index is 1280. The quantitative estimate of drug-likeness (QED) is 0.451. The van der Waals surface area contributed by atoms with Crippen LogP contribution < -0.4 is 5.32 Å². The number of benzene rings is 3. The summed E-state index contributed by atoms with van der Waals surface area (Å²) < 4.78 is 2.34. The summed E-state index contributed by atoms with van der Waals surface area (Å²) in [4.78, 5) is 4.98. The van der Waals surface area contributed by atoms with Gasteiger partial charge in [-0.15, -0.1) is 0 Å². The number of fused-ring (bicyclic) bond motifs is 6. The topological polar surface area (TPSA) is 29.9 Å². The third-order valence-corrected chi connectivity index (χ3v) is 6.08. The van der Waals surface area contributed by atoms with Gasteiger partial charge < -0.3 is 5.32 Å². The Labute approximate surface area is 164 Å². The lowest BCUT2D eigenvalue weighted by Crippen LogP contribution is -2.25. The molecule has 0 radical (unpaired) electrons.